The second-order valence-electron chi connectivity index (χ2n) is 8.40. The summed E-state index contributed by atoms with van der Waals surface area (Å²) >= 11 is 1.28. The number of hydrogen-bond donors (Lipinski definition) is 2. The van der Waals surface area contributed by atoms with E-state index in [2.05, 4.69) is 17.6 Å². The second-order valence-corrected chi connectivity index (χ2v) is 9.73. The number of nitrogens with zero attached hydrogens (tertiary/aromatic N) is 2. The molecule has 2 amide bonds. The summed E-state index contributed by atoms with van der Waals surface area (Å²) in [6.45, 7) is 5.80. The zero-order valence-corrected chi connectivity index (χ0v) is 19.5. The largest absolute Gasteiger partial charge is 0.353 e. The van der Waals surface area contributed by atoms with E-state index in [-0.39, 0.29) is 34.9 Å². The molecule has 1 aliphatic rings. The number of thioether (sulfide) groups is 1. The number of rotatable bonds is 7. The molecule has 0 saturated heterocycles. The van der Waals surface area contributed by atoms with Gasteiger partial charge in [0.05, 0.1) is 22.4 Å². The Morgan fingerprint density at radius 1 is 1.16 bits per heavy atom. The van der Waals surface area contributed by atoms with Crippen LogP contribution in [0.1, 0.15) is 45.2 Å². The van der Waals surface area contributed by atoms with Crippen molar-refractivity contribution in [3.05, 3.63) is 46.4 Å². The van der Waals surface area contributed by atoms with Gasteiger partial charge in [-0.05, 0) is 57.6 Å². The summed E-state index contributed by atoms with van der Waals surface area (Å²) < 4.78 is 3.25. The van der Waals surface area contributed by atoms with E-state index >= 15 is 0 Å². The zero-order valence-electron chi connectivity index (χ0n) is 18.7. The Kier molecular flexibility index (Phi) is 7.64. The molecule has 3 rings (SSSR count). The minimum absolute atomic E-state index is 0.0356. The minimum atomic E-state index is -0.457. The Labute approximate surface area is 187 Å². The zero-order chi connectivity index (χ0) is 22.5. The molecule has 0 bridgehead atoms. The van der Waals surface area contributed by atoms with Crippen LogP contribution >= 0.6 is 11.8 Å². The Morgan fingerprint density at radius 3 is 2.45 bits per heavy atom. The van der Waals surface area contributed by atoms with Crippen molar-refractivity contribution in [3.8, 4) is 5.69 Å². The van der Waals surface area contributed by atoms with Crippen molar-refractivity contribution in [2.45, 2.75) is 57.7 Å². The van der Waals surface area contributed by atoms with Crippen LogP contribution in [0.2, 0.25) is 0 Å². The Hall–Kier alpha value is -2.48. The quantitative estimate of drug-likeness (QED) is 0.687. The molecule has 2 aromatic rings. The number of amides is 2. The summed E-state index contributed by atoms with van der Waals surface area (Å²) in [4.78, 5) is 37.9. The van der Waals surface area contributed by atoms with Gasteiger partial charge < -0.3 is 10.6 Å². The van der Waals surface area contributed by atoms with Crippen LogP contribution < -0.4 is 16.2 Å². The summed E-state index contributed by atoms with van der Waals surface area (Å²) in [7, 11) is 1.79. The van der Waals surface area contributed by atoms with Crippen molar-refractivity contribution in [2.75, 3.05) is 11.1 Å². The number of carbonyl (C=O) groups excluding carboxylic acids is 2. The van der Waals surface area contributed by atoms with E-state index < -0.39 is 5.25 Å². The van der Waals surface area contributed by atoms with Crippen LogP contribution in [-0.4, -0.2) is 38.2 Å². The highest BCUT2D eigenvalue weighted by Gasteiger charge is 2.23. The van der Waals surface area contributed by atoms with E-state index in [0.29, 0.717) is 5.69 Å². The van der Waals surface area contributed by atoms with Gasteiger partial charge in [-0.3, -0.25) is 19.1 Å². The molecular formula is C23H32N4O3S. The van der Waals surface area contributed by atoms with E-state index in [1.54, 1.807) is 25.6 Å². The maximum atomic E-state index is 12.9. The van der Waals surface area contributed by atoms with E-state index in [9.17, 15) is 14.4 Å². The molecule has 1 aromatic heterocycles. The number of nitrogens with one attached hydrogen (secondary N) is 2. The second kappa shape index (κ2) is 10.2. The highest BCUT2D eigenvalue weighted by Crippen LogP contribution is 2.23. The molecule has 1 aromatic carbocycles. The van der Waals surface area contributed by atoms with E-state index in [4.69, 9.17) is 0 Å². The van der Waals surface area contributed by atoms with Crippen molar-refractivity contribution >= 4 is 29.3 Å². The van der Waals surface area contributed by atoms with Crippen LogP contribution in [0.3, 0.4) is 0 Å². The topological polar surface area (TPSA) is 85.1 Å². The first-order valence-electron chi connectivity index (χ1n) is 10.8. The highest BCUT2D eigenvalue weighted by atomic mass is 32.2. The van der Waals surface area contributed by atoms with Gasteiger partial charge in [0.1, 0.15) is 5.69 Å². The van der Waals surface area contributed by atoms with Gasteiger partial charge in [-0.2, -0.15) is 0 Å². The molecule has 1 heterocycles. The molecule has 2 N–H and O–H groups in total. The lowest BCUT2D eigenvalue weighted by Gasteiger charge is -2.27. The van der Waals surface area contributed by atoms with Crippen molar-refractivity contribution < 1.29 is 9.59 Å². The van der Waals surface area contributed by atoms with Crippen molar-refractivity contribution in [3.63, 3.8) is 0 Å². The molecule has 0 radical (unpaired) electrons. The molecule has 1 aliphatic carbocycles. The van der Waals surface area contributed by atoms with Gasteiger partial charge in [-0.1, -0.05) is 25.1 Å². The molecule has 0 aliphatic heterocycles. The van der Waals surface area contributed by atoms with Gasteiger partial charge >= 0.3 is 0 Å². The fraction of sp³-hybridized carbons (Fsp3) is 0.522. The van der Waals surface area contributed by atoms with Crippen molar-refractivity contribution in [1.29, 1.82) is 0 Å². The number of hydrogen-bond acceptors (Lipinski definition) is 4. The smallest absolute Gasteiger partial charge is 0.295 e. The van der Waals surface area contributed by atoms with E-state index in [0.717, 1.165) is 37.3 Å². The molecule has 168 valence electrons. The highest BCUT2D eigenvalue weighted by molar-refractivity contribution is 8.01. The Bertz CT molecular complexity index is 975. The SMILES string of the molecule is Cc1c(NC(=O)C(C)SCC(=O)NC2CCC(C)CC2)c(=O)n(-c2ccccc2)n1C. The summed E-state index contributed by atoms with van der Waals surface area (Å²) in [6.07, 6.45) is 4.34. The number of carbonyl (C=O) groups is 2. The normalized spacial score (nSPS) is 19.6. The third-order valence-corrected chi connectivity index (χ3v) is 7.16. The van der Waals surface area contributed by atoms with Crippen molar-refractivity contribution in [2.24, 2.45) is 13.0 Å². The molecule has 1 saturated carbocycles. The number of benzene rings is 1. The standard InChI is InChI=1S/C23H32N4O3S/c1-15-10-12-18(13-11-15)24-20(28)14-31-17(3)22(29)25-21-16(2)26(4)27(23(21)30)19-8-6-5-7-9-19/h5-9,15,17-18H,10-14H2,1-4H3,(H,24,28)(H,25,29). The number of anilines is 1. The maximum absolute atomic E-state index is 12.9. The van der Waals surface area contributed by atoms with E-state index in [1.807, 2.05) is 30.3 Å². The Balaban J connectivity index is 1.57. The molecule has 8 heteroatoms. The summed E-state index contributed by atoms with van der Waals surface area (Å²) in [5.74, 6) is 0.642. The molecule has 0 spiro atoms. The average Bonchev–Trinajstić information content (AvgIpc) is 2.97. The minimum Gasteiger partial charge on any atom is -0.353 e. The first kappa shape index (κ1) is 23.2. The van der Waals surface area contributed by atoms with Gasteiger partial charge in [0.15, 0.2) is 0 Å². The van der Waals surface area contributed by atoms with Crippen LogP contribution in [0, 0.1) is 12.8 Å². The van der Waals surface area contributed by atoms with Crippen LogP contribution in [0.5, 0.6) is 0 Å². The van der Waals surface area contributed by atoms with Crippen LogP contribution in [0.4, 0.5) is 5.69 Å². The van der Waals surface area contributed by atoms with Crippen LogP contribution in [0.25, 0.3) is 5.69 Å². The lowest BCUT2D eigenvalue weighted by molar-refractivity contribution is -0.119. The fourth-order valence-electron chi connectivity index (χ4n) is 3.89. The molecule has 31 heavy (non-hydrogen) atoms. The molecular weight excluding hydrogens is 412 g/mol. The van der Waals surface area contributed by atoms with Gasteiger partial charge in [-0.15, -0.1) is 11.8 Å². The fourth-order valence-corrected chi connectivity index (χ4v) is 4.58. The van der Waals surface area contributed by atoms with Gasteiger partial charge in [0, 0.05) is 13.1 Å². The lowest BCUT2D eigenvalue weighted by Crippen LogP contribution is -2.39. The van der Waals surface area contributed by atoms with E-state index in [1.165, 1.54) is 16.4 Å². The average molecular weight is 445 g/mol. The van der Waals surface area contributed by atoms with Crippen LogP contribution in [0.15, 0.2) is 35.1 Å². The van der Waals surface area contributed by atoms with Gasteiger partial charge in [0.25, 0.3) is 5.56 Å². The third-order valence-electron chi connectivity index (χ3n) is 6.02. The summed E-state index contributed by atoms with van der Waals surface area (Å²) in [5, 5.41) is 5.40. The van der Waals surface area contributed by atoms with Gasteiger partial charge in [0.2, 0.25) is 11.8 Å². The summed E-state index contributed by atoms with van der Waals surface area (Å²) in [6, 6.07) is 9.54. The van der Waals surface area contributed by atoms with Crippen molar-refractivity contribution in [1.82, 2.24) is 14.7 Å². The molecule has 1 atom stereocenters. The monoisotopic (exact) mass is 444 g/mol. The first-order chi connectivity index (χ1) is 14.8. The summed E-state index contributed by atoms with van der Waals surface area (Å²) in [5.41, 5.74) is 1.39. The molecule has 1 unspecified atom stereocenters. The number of para-hydroxylation sites is 1. The van der Waals surface area contributed by atoms with Crippen LogP contribution in [-0.2, 0) is 16.6 Å². The predicted molar refractivity (Wildman–Crippen MR) is 126 cm³/mol. The third kappa shape index (κ3) is 5.61. The number of aromatic nitrogens is 2. The maximum Gasteiger partial charge on any atom is 0.295 e. The molecule has 7 nitrogen and oxygen atoms in total. The Morgan fingerprint density at radius 2 is 1.81 bits per heavy atom. The van der Waals surface area contributed by atoms with Gasteiger partial charge in [-0.25, -0.2) is 4.68 Å². The first-order valence-corrected chi connectivity index (χ1v) is 11.9. The predicted octanol–water partition coefficient (Wildman–Crippen LogP) is 3.24. The lowest BCUT2D eigenvalue weighted by atomic mass is 9.87. The molecule has 1 fully saturated rings.